The Kier molecular flexibility index (Phi) is 7.20. The molecule has 10 N–H and O–H groups in total. The maximum atomic E-state index is 14.0. The lowest BCUT2D eigenvalue weighted by atomic mass is 10.1. The molecular weight excluding hydrogens is 546 g/mol. The Morgan fingerprint density at radius 1 is 0.800 bits per heavy atom. The van der Waals surface area contributed by atoms with Crippen molar-refractivity contribution in [3.8, 4) is 0 Å². The number of hydrogen-bond donors (Lipinski definition) is 8. The molecule has 216 valence electrons. The second kappa shape index (κ2) is 10.5. The number of anilines is 2. The van der Waals surface area contributed by atoms with Crippen LogP contribution in [0.3, 0.4) is 0 Å². The van der Waals surface area contributed by atoms with Crippen molar-refractivity contribution in [3.63, 3.8) is 0 Å². The van der Waals surface area contributed by atoms with Crippen molar-refractivity contribution in [2.45, 2.75) is 49.2 Å². The van der Waals surface area contributed by atoms with Crippen LogP contribution in [0.5, 0.6) is 0 Å². The lowest BCUT2D eigenvalue weighted by Gasteiger charge is -2.14. The lowest BCUT2D eigenvalue weighted by Crippen LogP contribution is -2.30. The first-order valence-electron chi connectivity index (χ1n) is 11.7. The molecule has 4 aromatic rings. The number of nitrogens with one attached hydrogen (secondary N) is 2. The van der Waals surface area contributed by atoms with E-state index in [9.17, 15) is 28.6 Å². The molecule has 0 aromatic carbocycles. The number of nitrogens with zero attached hydrogens (tertiary/aromatic N) is 6. The van der Waals surface area contributed by atoms with E-state index in [2.05, 4.69) is 29.9 Å². The molecule has 4 aromatic heterocycles. The second-order valence-electron chi connectivity index (χ2n) is 8.92. The summed E-state index contributed by atoms with van der Waals surface area (Å²) in [6.45, 7) is -1.05. The normalized spacial score (nSPS) is 30.1. The quantitative estimate of drug-likeness (QED) is 0.119. The fraction of sp³-hybridized carbons (Fsp3) is 0.500. The molecule has 0 spiro atoms. The van der Waals surface area contributed by atoms with E-state index in [0.29, 0.717) is 0 Å². The predicted molar refractivity (Wildman–Crippen MR) is 129 cm³/mol. The first-order chi connectivity index (χ1) is 19.0. The first-order valence-corrected chi connectivity index (χ1v) is 11.7. The van der Waals surface area contributed by atoms with Gasteiger partial charge in [-0.2, -0.15) is 9.97 Å². The van der Waals surface area contributed by atoms with Crippen molar-refractivity contribution >= 4 is 34.2 Å². The zero-order valence-corrected chi connectivity index (χ0v) is 20.2. The average molecular weight is 570 g/mol. The van der Waals surface area contributed by atoms with Gasteiger partial charge in [0.05, 0.1) is 25.9 Å². The van der Waals surface area contributed by atoms with Gasteiger partial charge in [0, 0.05) is 0 Å². The Bertz CT molecular complexity index is 1520. The van der Waals surface area contributed by atoms with Gasteiger partial charge in [0.2, 0.25) is 11.9 Å². The van der Waals surface area contributed by atoms with Gasteiger partial charge in [-0.05, 0) is 0 Å². The van der Waals surface area contributed by atoms with Crippen LogP contribution >= 0.6 is 0 Å². The second-order valence-corrected chi connectivity index (χ2v) is 8.92. The van der Waals surface area contributed by atoms with Crippen LogP contribution < -0.4 is 22.6 Å². The van der Waals surface area contributed by atoms with Gasteiger partial charge in [0.1, 0.15) is 24.4 Å². The summed E-state index contributed by atoms with van der Waals surface area (Å²) in [5.74, 6) is -0.283. The zero-order valence-electron chi connectivity index (χ0n) is 20.2. The van der Waals surface area contributed by atoms with Crippen LogP contribution in [0.15, 0.2) is 22.2 Å². The van der Waals surface area contributed by atoms with Crippen LogP contribution in [0.4, 0.5) is 20.7 Å². The number of imidazole rings is 2. The SMILES string of the molecule is Nc1nc2c(ncn2[C@@H]2O[C@H](CO)[C@@H](O)[C@H]2F)c(=O)[nH]1.Nc1nc2c(ncn2[C@@H]2O[C@H](CO)[C@@H](O)[C@H]2F)c(=O)[nH]1. The summed E-state index contributed by atoms with van der Waals surface area (Å²) >= 11 is 0. The molecule has 2 aliphatic heterocycles. The molecule has 8 atom stereocenters. The summed E-state index contributed by atoms with van der Waals surface area (Å²) in [5, 5.41) is 37.2. The van der Waals surface area contributed by atoms with E-state index in [-0.39, 0.29) is 34.2 Å². The summed E-state index contributed by atoms with van der Waals surface area (Å²) in [5.41, 5.74) is 9.82. The minimum Gasteiger partial charge on any atom is -0.394 e. The van der Waals surface area contributed by atoms with Gasteiger partial charge in [0.15, 0.2) is 47.1 Å². The number of ether oxygens (including phenoxy) is 2. The highest BCUT2D eigenvalue weighted by Gasteiger charge is 2.46. The fourth-order valence-electron chi connectivity index (χ4n) is 4.42. The molecule has 2 saturated heterocycles. The molecule has 0 saturated carbocycles. The van der Waals surface area contributed by atoms with Crippen LogP contribution in [-0.2, 0) is 9.47 Å². The lowest BCUT2D eigenvalue weighted by molar-refractivity contribution is -0.0459. The van der Waals surface area contributed by atoms with E-state index in [0.717, 1.165) is 0 Å². The summed E-state index contributed by atoms with van der Waals surface area (Å²) in [6, 6.07) is 0. The molecule has 0 amide bonds. The number of H-pyrrole nitrogens is 2. The summed E-state index contributed by atoms with van der Waals surface area (Å²) in [7, 11) is 0. The molecule has 0 aliphatic carbocycles. The molecule has 0 unspecified atom stereocenters. The highest BCUT2D eigenvalue weighted by atomic mass is 19.1. The van der Waals surface area contributed by atoms with Crippen molar-refractivity contribution in [1.29, 1.82) is 0 Å². The van der Waals surface area contributed by atoms with Gasteiger partial charge >= 0.3 is 0 Å². The number of nitrogens with two attached hydrogens (primary N) is 2. The number of rotatable bonds is 4. The zero-order chi connectivity index (χ0) is 28.9. The Morgan fingerprint density at radius 2 is 1.18 bits per heavy atom. The smallest absolute Gasteiger partial charge is 0.280 e. The number of alkyl halides is 2. The summed E-state index contributed by atoms with van der Waals surface area (Å²) < 4.78 is 40.8. The molecule has 2 fully saturated rings. The van der Waals surface area contributed by atoms with Gasteiger partial charge in [-0.25, -0.2) is 18.7 Å². The first kappa shape index (κ1) is 27.5. The third-order valence-electron chi connectivity index (χ3n) is 6.40. The Balaban J connectivity index is 0.000000161. The standard InChI is InChI=1S/2C10H12FN5O4/c2*11-4-6(18)3(1-17)20-9(4)16-2-13-5-7(16)14-10(12)15-8(5)19/h2*2-4,6,9,17-18H,1H2,(H3,12,14,15,19)/t2*3-,4-,6-,9-/m11/s1. The number of nitrogen functional groups attached to an aromatic ring is 2. The Labute approximate surface area is 219 Å². The molecule has 0 radical (unpaired) electrons. The Hall–Kier alpha value is -4.08. The number of aliphatic hydroxyl groups excluding tert-OH is 4. The van der Waals surface area contributed by atoms with Crippen molar-refractivity contribution < 1.29 is 38.7 Å². The molecular formula is C20H24F2N10O8. The van der Waals surface area contributed by atoms with Crippen LogP contribution in [0.2, 0.25) is 0 Å². The molecule has 6 rings (SSSR count). The van der Waals surface area contributed by atoms with Crippen LogP contribution in [0, 0.1) is 0 Å². The van der Waals surface area contributed by atoms with E-state index >= 15 is 0 Å². The van der Waals surface area contributed by atoms with Gasteiger partial charge < -0.3 is 41.4 Å². The monoisotopic (exact) mass is 570 g/mol. The van der Waals surface area contributed by atoms with Crippen molar-refractivity contribution in [1.82, 2.24) is 39.0 Å². The summed E-state index contributed by atoms with van der Waals surface area (Å²) in [4.78, 5) is 43.2. The van der Waals surface area contributed by atoms with Crippen LogP contribution in [0.1, 0.15) is 12.5 Å². The average Bonchev–Trinajstić information content (AvgIpc) is 3.66. The molecule has 0 bridgehead atoms. The number of aromatic amines is 2. The van der Waals surface area contributed by atoms with E-state index in [4.69, 9.17) is 31.2 Å². The number of aliphatic hydroxyl groups is 4. The van der Waals surface area contributed by atoms with Crippen LogP contribution in [0.25, 0.3) is 22.3 Å². The van der Waals surface area contributed by atoms with Crippen molar-refractivity contribution in [2.24, 2.45) is 0 Å². The van der Waals surface area contributed by atoms with Gasteiger partial charge in [-0.1, -0.05) is 0 Å². The van der Waals surface area contributed by atoms with E-state index in [1.165, 1.54) is 21.8 Å². The van der Waals surface area contributed by atoms with Crippen molar-refractivity contribution in [2.75, 3.05) is 24.7 Å². The molecule has 20 heteroatoms. The largest absolute Gasteiger partial charge is 0.394 e. The third-order valence-corrected chi connectivity index (χ3v) is 6.40. The number of aromatic nitrogens is 8. The van der Waals surface area contributed by atoms with E-state index in [1.807, 2.05) is 0 Å². The third kappa shape index (κ3) is 4.55. The van der Waals surface area contributed by atoms with Gasteiger partial charge in [0.25, 0.3) is 11.1 Å². The number of halogens is 2. The van der Waals surface area contributed by atoms with E-state index in [1.54, 1.807) is 0 Å². The number of hydrogen-bond acceptors (Lipinski definition) is 14. The maximum Gasteiger partial charge on any atom is 0.280 e. The topological polar surface area (TPSA) is 279 Å². The molecule has 40 heavy (non-hydrogen) atoms. The van der Waals surface area contributed by atoms with E-state index < -0.39 is 73.5 Å². The maximum absolute atomic E-state index is 14.0. The fourth-order valence-corrected chi connectivity index (χ4v) is 4.42. The number of fused-ring (bicyclic) bond motifs is 2. The van der Waals surface area contributed by atoms with Crippen molar-refractivity contribution in [3.05, 3.63) is 33.4 Å². The van der Waals surface area contributed by atoms with Crippen LogP contribution in [-0.4, -0.2) is 109 Å². The predicted octanol–water partition coefficient (Wildman–Crippen LogP) is -3.42. The minimum absolute atomic E-state index is 0.0167. The molecule has 6 heterocycles. The highest BCUT2D eigenvalue weighted by Crippen LogP contribution is 2.34. The molecule has 18 nitrogen and oxygen atoms in total. The Morgan fingerprint density at radius 3 is 1.50 bits per heavy atom. The van der Waals surface area contributed by atoms with Gasteiger partial charge in [-0.15, -0.1) is 0 Å². The minimum atomic E-state index is -1.79. The summed E-state index contributed by atoms with van der Waals surface area (Å²) in [6.07, 6.45) is -8.73. The highest BCUT2D eigenvalue weighted by molar-refractivity contribution is 5.71. The molecule has 2 aliphatic rings. The van der Waals surface area contributed by atoms with Gasteiger partial charge in [-0.3, -0.25) is 28.7 Å².